The molecule has 0 atom stereocenters. The zero-order valence-electron chi connectivity index (χ0n) is 10.1. The van der Waals surface area contributed by atoms with Crippen LogP contribution in [0.5, 0.6) is 0 Å². The minimum Gasteiger partial charge on any atom is -0.319 e. The maximum Gasteiger partial charge on any atom is 0.343 e. The first-order valence-electron chi connectivity index (χ1n) is 6.67. The van der Waals surface area contributed by atoms with Crippen LogP contribution in [0.2, 0.25) is 0 Å². The second-order valence-electron chi connectivity index (χ2n) is 5.52. The Kier molecular flexibility index (Phi) is 2.58. The molecule has 2 aliphatic carbocycles. The van der Waals surface area contributed by atoms with Gasteiger partial charge in [0.25, 0.3) is 0 Å². The van der Waals surface area contributed by atoms with Gasteiger partial charge in [0.2, 0.25) is 0 Å². The first kappa shape index (κ1) is 11.0. The van der Waals surface area contributed by atoms with Gasteiger partial charge in [-0.2, -0.15) is 5.10 Å². The predicted octanol–water partition coefficient (Wildman–Crippen LogP) is 1.41. The van der Waals surface area contributed by atoms with Crippen molar-refractivity contribution < 1.29 is 0 Å². The molecule has 0 amide bonds. The number of hydrogen-bond donors (Lipinski definition) is 2. The maximum absolute atomic E-state index is 11.9. The summed E-state index contributed by atoms with van der Waals surface area (Å²) >= 11 is 0. The van der Waals surface area contributed by atoms with Crippen LogP contribution in [0.1, 0.15) is 63.2 Å². The molecule has 3 rings (SSSR count). The Balaban J connectivity index is 2.02. The molecule has 1 heterocycles. The summed E-state index contributed by atoms with van der Waals surface area (Å²) in [4.78, 5) is 11.9. The van der Waals surface area contributed by atoms with E-state index in [-0.39, 0.29) is 11.2 Å². The van der Waals surface area contributed by atoms with Crippen molar-refractivity contribution in [3.63, 3.8) is 0 Å². The molecule has 0 aromatic carbocycles. The second-order valence-corrected chi connectivity index (χ2v) is 5.52. The summed E-state index contributed by atoms with van der Waals surface area (Å²) in [6.45, 7) is 0. The lowest BCUT2D eigenvalue weighted by Crippen LogP contribution is -2.39. The molecular formula is C12H20N4O. The van der Waals surface area contributed by atoms with Crippen LogP contribution in [0, 0.1) is 0 Å². The van der Waals surface area contributed by atoms with E-state index in [9.17, 15) is 4.79 Å². The highest BCUT2D eigenvalue weighted by atomic mass is 16.1. The van der Waals surface area contributed by atoms with Crippen molar-refractivity contribution in [3.8, 4) is 0 Å². The minimum atomic E-state index is -0.373. The molecule has 0 aliphatic heterocycles. The van der Waals surface area contributed by atoms with E-state index in [4.69, 9.17) is 5.73 Å². The Morgan fingerprint density at radius 1 is 1.24 bits per heavy atom. The molecule has 0 spiro atoms. The van der Waals surface area contributed by atoms with Gasteiger partial charge in [0.15, 0.2) is 5.82 Å². The van der Waals surface area contributed by atoms with Crippen molar-refractivity contribution >= 4 is 0 Å². The summed E-state index contributed by atoms with van der Waals surface area (Å²) in [6.07, 6.45) is 8.77. The monoisotopic (exact) mass is 236 g/mol. The second kappa shape index (κ2) is 3.98. The van der Waals surface area contributed by atoms with E-state index in [0.29, 0.717) is 6.04 Å². The molecular weight excluding hydrogens is 216 g/mol. The molecule has 3 N–H and O–H groups in total. The van der Waals surface area contributed by atoms with Gasteiger partial charge in [-0.25, -0.2) is 9.89 Å². The summed E-state index contributed by atoms with van der Waals surface area (Å²) in [5, 5.41) is 6.81. The van der Waals surface area contributed by atoms with Gasteiger partial charge in [0, 0.05) is 6.04 Å². The minimum absolute atomic E-state index is 0.0800. The molecule has 5 nitrogen and oxygen atoms in total. The topological polar surface area (TPSA) is 76.7 Å². The van der Waals surface area contributed by atoms with Crippen LogP contribution in [0.15, 0.2) is 4.79 Å². The number of aromatic nitrogens is 3. The van der Waals surface area contributed by atoms with Gasteiger partial charge in [-0.3, -0.25) is 4.57 Å². The maximum atomic E-state index is 11.9. The fourth-order valence-corrected chi connectivity index (χ4v) is 3.39. The quantitative estimate of drug-likeness (QED) is 0.815. The Morgan fingerprint density at radius 2 is 1.88 bits per heavy atom. The summed E-state index contributed by atoms with van der Waals surface area (Å²) in [5.41, 5.74) is 5.97. The summed E-state index contributed by atoms with van der Waals surface area (Å²) in [7, 11) is 0. The Hall–Kier alpha value is -1.10. The molecule has 94 valence electrons. The molecule has 0 bridgehead atoms. The molecule has 0 unspecified atom stereocenters. The third kappa shape index (κ3) is 1.73. The van der Waals surface area contributed by atoms with Gasteiger partial charge in [0.05, 0.1) is 5.54 Å². The van der Waals surface area contributed by atoms with Crippen LogP contribution in [0.3, 0.4) is 0 Å². The Labute approximate surface area is 100 Å². The van der Waals surface area contributed by atoms with Gasteiger partial charge in [0.1, 0.15) is 0 Å². The third-order valence-electron chi connectivity index (χ3n) is 4.34. The van der Waals surface area contributed by atoms with Crippen molar-refractivity contribution in [1.29, 1.82) is 0 Å². The van der Waals surface area contributed by atoms with Crippen LogP contribution in [0.25, 0.3) is 0 Å². The summed E-state index contributed by atoms with van der Waals surface area (Å²) in [5.74, 6) is 0.798. The van der Waals surface area contributed by atoms with Crippen molar-refractivity contribution in [3.05, 3.63) is 16.3 Å². The van der Waals surface area contributed by atoms with E-state index in [1.165, 1.54) is 12.8 Å². The van der Waals surface area contributed by atoms with E-state index in [1.807, 2.05) is 4.57 Å². The third-order valence-corrected chi connectivity index (χ3v) is 4.34. The lowest BCUT2D eigenvalue weighted by atomic mass is 9.97. The van der Waals surface area contributed by atoms with E-state index in [0.717, 1.165) is 44.3 Å². The molecule has 5 heteroatoms. The molecule has 17 heavy (non-hydrogen) atoms. The average Bonchev–Trinajstić information content (AvgIpc) is 2.97. The van der Waals surface area contributed by atoms with Gasteiger partial charge in [-0.05, 0) is 25.7 Å². The zero-order valence-corrected chi connectivity index (χ0v) is 10.1. The Morgan fingerprint density at radius 3 is 2.53 bits per heavy atom. The van der Waals surface area contributed by atoms with Crippen molar-refractivity contribution in [2.24, 2.45) is 5.73 Å². The highest BCUT2D eigenvalue weighted by molar-refractivity contribution is 5.09. The lowest BCUT2D eigenvalue weighted by Gasteiger charge is -2.25. The van der Waals surface area contributed by atoms with Crippen molar-refractivity contribution in [2.45, 2.75) is 62.9 Å². The number of rotatable bonds is 2. The normalized spacial score (nSPS) is 24.5. The summed E-state index contributed by atoms with van der Waals surface area (Å²) < 4.78 is 1.85. The highest BCUT2D eigenvalue weighted by Crippen LogP contribution is 2.37. The SMILES string of the molecule is NC1(c2n[nH]c(=O)n2C2CCCC2)CCCC1. The van der Waals surface area contributed by atoms with Crippen LogP contribution < -0.4 is 11.4 Å². The molecule has 0 saturated heterocycles. The number of nitrogens with one attached hydrogen (secondary N) is 1. The first-order valence-corrected chi connectivity index (χ1v) is 6.67. The molecule has 0 radical (unpaired) electrons. The van der Waals surface area contributed by atoms with E-state index in [1.54, 1.807) is 0 Å². The fraction of sp³-hybridized carbons (Fsp3) is 0.833. The smallest absolute Gasteiger partial charge is 0.319 e. The van der Waals surface area contributed by atoms with E-state index < -0.39 is 0 Å². The number of hydrogen-bond acceptors (Lipinski definition) is 3. The van der Waals surface area contributed by atoms with Crippen LogP contribution in [0.4, 0.5) is 0 Å². The first-order chi connectivity index (χ1) is 8.21. The number of H-pyrrole nitrogens is 1. The van der Waals surface area contributed by atoms with Crippen LogP contribution in [-0.2, 0) is 5.54 Å². The zero-order chi connectivity index (χ0) is 11.9. The van der Waals surface area contributed by atoms with Crippen LogP contribution in [-0.4, -0.2) is 14.8 Å². The molecule has 2 aliphatic rings. The Bertz CT molecular complexity index is 449. The van der Waals surface area contributed by atoms with E-state index in [2.05, 4.69) is 10.2 Å². The number of nitrogens with zero attached hydrogens (tertiary/aromatic N) is 2. The standard InChI is InChI=1S/C12H20N4O/c13-12(7-3-4-8-12)10-14-15-11(17)16(10)9-5-1-2-6-9/h9H,1-8,13H2,(H,15,17). The van der Waals surface area contributed by atoms with Crippen molar-refractivity contribution in [2.75, 3.05) is 0 Å². The number of nitrogens with two attached hydrogens (primary N) is 1. The van der Waals surface area contributed by atoms with Gasteiger partial charge < -0.3 is 5.73 Å². The summed E-state index contributed by atoms with van der Waals surface area (Å²) in [6, 6.07) is 0.317. The predicted molar refractivity (Wildman–Crippen MR) is 64.7 cm³/mol. The van der Waals surface area contributed by atoms with E-state index >= 15 is 0 Å². The van der Waals surface area contributed by atoms with Gasteiger partial charge >= 0.3 is 5.69 Å². The molecule has 1 aromatic rings. The van der Waals surface area contributed by atoms with Crippen LogP contribution >= 0.6 is 0 Å². The molecule has 2 fully saturated rings. The lowest BCUT2D eigenvalue weighted by molar-refractivity contribution is 0.375. The highest BCUT2D eigenvalue weighted by Gasteiger charge is 2.38. The number of aromatic amines is 1. The van der Waals surface area contributed by atoms with Crippen molar-refractivity contribution in [1.82, 2.24) is 14.8 Å². The molecule has 2 saturated carbocycles. The average molecular weight is 236 g/mol. The van der Waals surface area contributed by atoms with Gasteiger partial charge in [-0.1, -0.05) is 25.7 Å². The largest absolute Gasteiger partial charge is 0.343 e. The molecule has 1 aromatic heterocycles. The fourth-order valence-electron chi connectivity index (χ4n) is 3.39. The van der Waals surface area contributed by atoms with Gasteiger partial charge in [-0.15, -0.1) is 0 Å².